The molecular formula is C10H10BrNO3. The molecule has 0 spiro atoms. The van der Waals surface area contributed by atoms with E-state index >= 15 is 0 Å². The molecule has 2 N–H and O–H groups in total. The Morgan fingerprint density at radius 3 is 2.60 bits per heavy atom. The molecule has 0 aliphatic rings. The van der Waals surface area contributed by atoms with Crippen molar-refractivity contribution in [3.8, 4) is 0 Å². The molecule has 4 nitrogen and oxygen atoms in total. The van der Waals surface area contributed by atoms with Crippen molar-refractivity contribution in [2.75, 3.05) is 5.32 Å². The summed E-state index contributed by atoms with van der Waals surface area (Å²) in [6, 6.07) is 5.06. The highest BCUT2D eigenvalue weighted by atomic mass is 79.9. The Labute approximate surface area is 95.4 Å². The Hall–Kier alpha value is -1.36. The first-order valence-corrected chi connectivity index (χ1v) is 5.05. The van der Waals surface area contributed by atoms with Crippen molar-refractivity contribution in [3.63, 3.8) is 0 Å². The Kier molecular flexibility index (Phi) is 3.85. The number of rotatable bonds is 3. The Bertz CT molecular complexity index is 369. The van der Waals surface area contributed by atoms with Crippen molar-refractivity contribution < 1.29 is 14.7 Å². The average molecular weight is 272 g/mol. The molecule has 0 aliphatic carbocycles. The minimum absolute atomic E-state index is 0.0635. The fraction of sp³-hybridized carbons (Fsp3) is 0.200. The van der Waals surface area contributed by atoms with Gasteiger partial charge in [0.25, 0.3) is 0 Å². The highest BCUT2D eigenvalue weighted by Crippen LogP contribution is 2.20. The predicted molar refractivity (Wildman–Crippen MR) is 59.8 cm³/mol. The van der Waals surface area contributed by atoms with Gasteiger partial charge in [-0.15, -0.1) is 0 Å². The van der Waals surface area contributed by atoms with Crippen molar-refractivity contribution in [1.82, 2.24) is 0 Å². The fourth-order valence-electron chi connectivity index (χ4n) is 1.20. The maximum Gasteiger partial charge on any atom is 0.307 e. The van der Waals surface area contributed by atoms with Crippen molar-refractivity contribution in [2.45, 2.75) is 13.3 Å². The molecule has 0 aliphatic heterocycles. The monoisotopic (exact) mass is 271 g/mol. The summed E-state index contributed by atoms with van der Waals surface area (Å²) in [5, 5.41) is 11.2. The second-order valence-electron chi connectivity index (χ2n) is 3.10. The third kappa shape index (κ3) is 4.12. The van der Waals surface area contributed by atoms with E-state index in [-0.39, 0.29) is 12.3 Å². The number of carboxylic acids is 1. The zero-order chi connectivity index (χ0) is 11.4. The maximum atomic E-state index is 10.8. The number of carboxylic acid groups (broad SMARTS) is 1. The van der Waals surface area contributed by atoms with Crippen LogP contribution in [0.2, 0.25) is 0 Å². The Morgan fingerprint density at radius 1 is 1.40 bits per heavy atom. The molecule has 0 radical (unpaired) electrons. The van der Waals surface area contributed by atoms with E-state index < -0.39 is 5.97 Å². The first kappa shape index (κ1) is 11.7. The molecular weight excluding hydrogens is 262 g/mol. The largest absolute Gasteiger partial charge is 0.481 e. The van der Waals surface area contributed by atoms with Gasteiger partial charge < -0.3 is 10.4 Å². The highest BCUT2D eigenvalue weighted by Gasteiger charge is 2.04. The van der Waals surface area contributed by atoms with Gasteiger partial charge in [-0.2, -0.15) is 0 Å². The van der Waals surface area contributed by atoms with E-state index in [0.717, 1.165) is 4.47 Å². The smallest absolute Gasteiger partial charge is 0.307 e. The predicted octanol–water partition coefficient (Wildman–Crippen LogP) is 2.03. The second-order valence-corrected chi connectivity index (χ2v) is 4.02. The summed E-state index contributed by atoms with van der Waals surface area (Å²) in [6.45, 7) is 1.40. The molecule has 0 bridgehead atoms. The lowest BCUT2D eigenvalue weighted by Gasteiger charge is -2.05. The number of hydrogen-bond acceptors (Lipinski definition) is 2. The Balaban J connectivity index is 2.94. The van der Waals surface area contributed by atoms with Gasteiger partial charge in [0.2, 0.25) is 5.91 Å². The van der Waals surface area contributed by atoms with Crippen LogP contribution in [0.1, 0.15) is 12.5 Å². The summed E-state index contributed by atoms with van der Waals surface area (Å²) in [4.78, 5) is 21.3. The summed E-state index contributed by atoms with van der Waals surface area (Å²) in [6.07, 6.45) is -0.0635. The highest BCUT2D eigenvalue weighted by molar-refractivity contribution is 9.10. The van der Waals surface area contributed by atoms with Crippen LogP contribution in [0.5, 0.6) is 0 Å². The van der Waals surface area contributed by atoms with Gasteiger partial charge in [-0.05, 0) is 23.8 Å². The molecule has 0 aromatic heterocycles. The van der Waals surface area contributed by atoms with Crippen LogP contribution < -0.4 is 5.32 Å². The van der Waals surface area contributed by atoms with Gasteiger partial charge in [0.1, 0.15) is 0 Å². The molecule has 0 saturated heterocycles. The normalized spacial score (nSPS) is 9.73. The molecule has 5 heteroatoms. The summed E-state index contributed by atoms with van der Waals surface area (Å²) in [5.41, 5.74) is 1.23. The molecule has 0 saturated carbocycles. The molecule has 0 fully saturated rings. The minimum atomic E-state index is -0.901. The first-order chi connectivity index (χ1) is 6.97. The third-order valence-electron chi connectivity index (χ3n) is 1.63. The van der Waals surface area contributed by atoms with Crippen LogP contribution in [0.15, 0.2) is 22.7 Å². The third-order valence-corrected chi connectivity index (χ3v) is 2.09. The standard InChI is InChI=1S/C10H10BrNO3/c1-6(13)12-9-3-7(4-10(14)15)2-8(11)5-9/h2-3,5H,4H2,1H3,(H,12,13)(H,14,15). The number of aliphatic carboxylic acids is 1. The van der Waals surface area contributed by atoms with E-state index in [9.17, 15) is 9.59 Å². The van der Waals surface area contributed by atoms with Crippen LogP contribution in [0.4, 0.5) is 5.69 Å². The molecule has 0 atom stereocenters. The van der Waals surface area contributed by atoms with Crippen molar-refractivity contribution >= 4 is 33.5 Å². The second kappa shape index (κ2) is 4.93. The minimum Gasteiger partial charge on any atom is -0.481 e. The van der Waals surface area contributed by atoms with E-state index in [0.29, 0.717) is 11.3 Å². The number of amides is 1. The SMILES string of the molecule is CC(=O)Nc1cc(Br)cc(CC(=O)O)c1. The molecule has 15 heavy (non-hydrogen) atoms. The van der Waals surface area contributed by atoms with Crippen LogP contribution in [0.3, 0.4) is 0 Å². The fourth-order valence-corrected chi connectivity index (χ4v) is 1.74. The summed E-state index contributed by atoms with van der Waals surface area (Å²) < 4.78 is 0.741. The van der Waals surface area contributed by atoms with E-state index in [1.165, 1.54) is 6.92 Å². The van der Waals surface area contributed by atoms with Gasteiger partial charge in [-0.3, -0.25) is 9.59 Å². The lowest BCUT2D eigenvalue weighted by Crippen LogP contribution is -2.07. The number of benzene rings is 1. The number of nitrogens with one attached hydrogen (secondary N) is 1. The topological polar surface area (TPSA) is 66.4 Å². The van der Waals surface area contributed by atoms with Crippen molar-refractivity contribution in [3.05, 3.63) is 28.2 Å². The van der Waals surface area contributed by atoms with Crippen LogP contribution in [-0.4, -0.2) is 17.0 Å². The molecule has 0 heterocycles. The molecule has 0 unspecified atom stereocenters. The van der Waals surface area contributed by atoms with Crippen LogP contribution in [0, 0.1) is 0 Å². The number of anilines is 1. The van der Waals surface area contributed by atoms with E-state index in [4.69, 9.17) is 5.11 Å². The van der Waals surface area contributed by atoms with Gasteiger partial charge in [-0.1, -0.05) is 15.9 Å². The number of carbonyl (C=O) groups excluding carboxylic acids is 1. The van der Waals surface area contributed by atoms with E-state index in [1.54, 1.807) is 18.2 Å². The molecule has 1 aromatic carbocycles. The van der Waals surface area contributed by atoms with Gasteiger partial charge in [0.15, 0.2) is 0 Å². The summed E-state index contributed by atoms with van der Waals surface area (Å²) >= 11 is 3.25. The molecule has 80 valence electrons. The van der Waals surface area contributed by atoms with Crippen LogP contribution in [-0.2, 0) is 16.0 Å². The van der Waals surface area contributed by atoms with Gasteiger partial charge in [0.05, 0.1) is 6.42 Å². The first-order valence-electron chi connectivity index (χ1n) is 4.26. The summed E-state index contributed by atoms with van der Waals surface area (Å²) in [7, 11) is 0. The zero-order valence-electron chi connectivity index (χ0n) is 8.08. The molecule has 1 aromatic rings. The lowest BCUT2D eigenvalue weighted by atomic mass is 10.1. The van der Waals surface area contributed by atoms with Gasteiger partial charge >= 0.3 is 5.97 Å². The number of hydrogen-bond donors (Lipinski definition) is 2. The molecule has 1 amide bonds. The number of carbonyl (C=O) groups is 2. The number of halogens is 1. The van der Waals surface area contributed by atoms with Crippen molar-refractivity contribution in [2.24, 2.45) is 0 Å². The van der Waals surface area contributed by atoms with Crippen LogP contribution in [0.25, 0.3) is 0 Å². The maximum absolute atomic E-state index is 10.8. The van der Waals surface area contributed by atoms with E-state index in [2.05, 4.69) is 21.2 Å². The Morgan fingerprint density at radius 2 is 2.07 bits per heavy atom. The van der Waals surface area contributed by atoms with Gasteiger partial charge in [-0.25, -0.2) is 0 Å². The van der Waals surface area contributed by atoms with Gasteiger partial charge in [0, 0.05) is 17.1 Å². The van der Waals surface area contributed by atoms with Crippen LogP contribution >= 0.6 is 15.9 Å². The van der Waals surface area contributed by atoms with Crippen molar-refractivity contribution in [1.29, 1.82) is 0 Å². The zero-order valence-corrected chi connectivity index (χ0v) is 9.67. The van der Waals surface area contributed by atoms with E-state index in [1.807, 2.05) is 0 Å². The average Bonchev–Trinajstić information content (AvgIpc) is 1.98. The summed E-state index contributed by atoms with van der Waals surface area (Å²) in [5.74, 6) is -1.09. The molecule has 1 rings (SSSR count). The lowest BCUT2D eigenvalue weighted by molar-refractivity contribution is -0.136. The quantitative estimate of drug-likeness (QED) is 0.884.